The summed E-state index contributed by atoms with van der Waals surface area (Å²) >= 11 is 0. The van der Waals surface area contributed by atoms with Crippen molar-refractivity contribution in [2.75, 3.05) is 67.8 Å². The molecule has 10 nitrogen and oxygen atoms in total. The molecule has 0 spiro atoms. The third kappa shape index (κ3) is 5.25. The normalized spacial score (nSPS) is 16.6. The van der Waals surface area contributed by atoms with E-state index in [1.54, 1.807) is 6.21 Å². The molecule has 3 aromatic heterocycles. The molecule has 2 saturated heterocycles. The number of anilines is 3. The van der Waals surface area contributed by atoms with Gasteiger partial charge in [0.2, 0.25) is 0 Å². The van der Waals surface area contributed by atoms with Crippen molar-refractivity contribution in [2.45, 2.75) is 6.92 Å². The number of nitrogens with one attached hydrogen (secondary N) is 1. The average Bonchev–Trinajstić information content (AvgIpc) is 3.38. The Bertz CT molecular complexity index is 1390. The molecule has 0 saturated carbocycles. The van der Waals surface area contributed by atoms with Crippen molar-refractivity contribution < 1.29 is 9.47 Å². The van der Waals surface area contributed by atoms with Crippen LogP contribution < -0.4 is 15.2 Å². The summed E-state index contributed by atoms with van der Waals surface area (Å²) in [4.78, 5) is 14.0. The molecule has 0 bridgehead atoms. The maximum atomic E-state index is 5.58. The summed E-state index contributed by atoms with van der Waals surface area (Å²) in [5.74, 6) is 2.57. The minimum Gasteiger partial charge on any atom is -0.378 e. The van der Waals surface area contributed by atoms with Gasteiger partial charge in [-0.3, -0.25) is 5.43 Å². The van der Waals surface area contributed by atoms with Crippen LogP contribution in [0, 0.1) is 6.92 Å². The fraction of sp³-hybridized carbons (Fsp3) is 0.333. The Balaban J connectivity index is 1.30. The van der Waals surface area contributed by atoms with Gasteiger partial charge in [-0.2, -0.15) is 14.7 Å². The highest BCUT2D eigenvalue weighted by molar-refractivity contribution is 5.80. The van der Waals surface area contributed by atoms with Crippen molar-refractivity contribution in [3.63, 3.8) is 0 Å². The standard InChI is InChI=1S/C27H30N8O2/c1-20-3-2-4-21(15-20)18-29-31-24-17-27(34-9-13-37-14-10-34)35-26(30-24)16-23(32-35)22-5-6-25(28-19-22)33-7-11-36-12-8-33/h2-6,15-19H,7-14H2,1H3,(H,30,31)/b29-18+. The predicted molar refractivity (Wildman–Crippen MR) is 145 cm³/mol. The first kappa shape index (κ1) is 23.4. The van der Waals surface area contributed by atoms with Crippen molar-refractivity contribution in [1.29, 1.82) is 0 Å². The van der Waals surface area contributed by atoms with E-state index in [0.717, 1.165) is 73.5 Å². The number of aromatic nitrogens is 4. The van der Waals surface area contributed by atoms with E-state index in [0.29, 0.717) is 19.0 Å². The van der Waals surface area contributed by atoms with Crippen LogP contribution in [0.2, 0.25) is 0 Å². The molecule has 0 atom stereocenters. The number of hydrogen-bond acceptors (Lipinski definition) is 9. The van der Waals surface area contributed by atoms with Crippen LogP contribution in [0.3, 0.4) is 0 Å². The Morgan fingerprint density at radius 3 is 2.43 bits per heavy atom. The Hall–Kier alpha value is -4.02. The smallest absolute Gasteiger partial charge is 0.160 e. The zero-order valence-electron chi connectivity index (χ0n) is 20.9. The largest absolute Gasteiger partial charge is 0.378 e. The highest BCUT2D eigenvalue weighted by Gasteiger charge is 2.19. The Labute approximate surface area is 215 Å². The fourth-order valence-corrected chi connectivity index (χ4v) is 4.62. The van der Waals surface area contributed by atoms with Gasteiger partial charge >= 0.3 is 0 Å². The molecule has 6 rings (SSSR count). The lowest BCUT2D eigenvalue weighted by Gasteiger charge is -2.29. The summed E-state index contributed by atoms with van der Waals surface area (Å²) < 4.78 is 12.9. The number of pyridine rings is 1. The lowest BCUT2D eigenvalue weighted by Crippen LogP contribution is -2.37. The van der Waals surface area contributed by atoms with Crippen LogP contribution in [-0.4, -0.2) is 78.4 Å². The molecule has 2 aliphatic heterocycles. The summed E-state index contributed by atoms with van der Waals surface area (Å²) in [6.45, 7) is 8.18. The van der Waals surface area contributed by atoms with Crippen molar-refractivity contribution in [3.8, 4) is 11.3 Å². The molecular formula is C27H30N8O2. The number of nitrogens with zero attached hydrogens (tertiary/aromatic N) is 7. The van der Waals surface area contributed by atoms with Gasteiger partial charge in [0.1, 0.15) is 11.6 Å². The second-order valence-electron chi connectivity index (χ2n) is 9.19. The highest BCUT2D eigenvalue weighted by Crippen LogP contribution is 2.26. The maximum Gasteiger partial charge on any atom is 0.160 e. The number of fused-ring (bicyclic) bond motifs is 1. The van der Waals surface area contributed by atoms with Crippen LogP contribution in [0.5, 0.6) is 0 Å². The van der Waals surface area contributed by atoms with Crippen LogP contribution in [0.15, 0.2) is 59.8 Å². The maximum absolute atomic E-state index is 5.58. The van der Waals surface area contributed by atoms with Gasteiger partial charge in [-0.25, -0.2) is 9.97 Å². The van der Waals surface area contributed by atoms with Gasteiger partial charge < -0.3 is 19.3 Å². The first-order valence-corrected chi connectivity index (χ1v) is 12.6. The molecule has 0 aliphatic carbocycles. The van der Waals surface area contributed by atoms with Crippen LogP contribution in [0.4, 0.5) is 17.5 Å². The van der Waals surface area contributed by atoms with Gasteiger partial charge in [-0.15, -0.1) is 0 Å². The van der Waals surface area contributed by atoms with E-state index in [9.17, 15) is 0 Å². The number of hydrazone groups is 1. The lowest BCUT2D eigenvalue weighted by atomic mass is 10.2. The van der Waals surface area contributed by atoms with E-state index in [2.05, 4.69) is 45.4 Å². The van der Waals surface area contributed by atoms with E-state index in [4.69, 9.17) is 24.5 Å². The zero-order valence-corrected chi connectivity index (χ0v) is 20.9. The number of morpholine rings is 2. The van der Waals surface area contributed by atoms with E-state index >= 15 is 0 Å². The van der Waals surface area contributed by atoms with Crippen LogP contribution in [0.25, 0.3) is 16.9 Å². The molecule has 0 amide bonds. The number of hydrogen-bond donors (Lipinski definition) is 1. The third-order valence-corrected chi connectivity index (χ3v) is 6.56. The SMILES string of the molecule is Cc1cccc(/C=N/Nc2cc(N3CCOCC3)n3nc(-c4ccc(N5CCOCC5)nc4)cc3n2)c1. The molecular weight excluding hydrogens is 468 g/mol. The van der Waals surface area contributed by atoms with Crippen molar-refractivity contribution in [3.05, 3.63) is 65.9 Å². The molecule has 5 heterocycles. The average molecular weight is 499 g/mol. The molecule has 190 valence electrons. The summed E-state index contributed by atoms with van der Waals surface area (Å²) in [7, 11) is 0. The molecule has 4 aromatic rings. The molecule has 2 aliphatic rings. The highest BCUT2D eigenvalue weighted by atomic mass is 16.5. The number of rotatable bonds is 6. The quantitative estimate of drug-likeness (QED) is 0.320. The van der Waals surface area contributed by atoms with Crippen molar-refractivity contribution in [1.82, 2.24) is 19.6 Å². The van der Waals surface area contributed by atoms with E-state index < -0.39 is 0 Å². The molecule has 10 heteroatoms. The van der Waals surface area contributed by atoms with Crippen molar-refractivity contribution in [2.24, 2.45) is 5.10 Å². The molecule has 0 unspecified atom stereocenters. The number of benzene rings is 1. The minimum atomic E-state index is 0.658. The second kappa shape index (κ2) is 10.5. The van der Waals surface area contributed by atoms with Gasteiger partial charge in [0.05, 0.1) is 38.3 Å². The Kier molecular flexibility index (Phi) is 6.66. The van der Waals surface area contributed by atoms with Gasteiger partial charge in [0.15, 0.2) is 11.5 Å². The Morgan fingerprint density at radius 1 is 0.919 bits per heavy atom. The van der Waals surface area contributed by atoms with Gasteiger partial charge in [-0.1, -0.05) is 29.8 Å². The molecule has 37 heavy (non-hydrogen) atoms. The molecule has 1 aromatic carbocycles. The topological polar surface area (TPSA) is 92.4 Å². The van der Waals surface area contributed by atoms with E-state index in [1.165, 1.54) is 5.56 Å². The summed E-state index contributed by atoms with van der Waals surface area (Å²) in [6.07, 6.45) is 3.68. The Morgan fingerprint density at radius 2 is 1.70 bits per heavy atom. The minimum absolute atomic E-state index is 0.658. The van der Waals surface area contributed by atoms with Gasteiger partial charge in [0, 0.05) is 50.1 Å². The van der Waals surface area contributed by atoms with Crippen LogP contribution in [0.1, 0.15) is 11.1 Å². The van der Waals surface area contributed by atoms with E-state index in [-0.39, 0.29) is 0 Å². The van der Waals surface area contributed by atoms with Gasteiger partial charge in [-0.05, 0) is 24.6 Å². The molecule has 2 fully saturated rings. The fourth-order valence-electron chi connectivity index (χ4n) is 4.62. The first-order valence-electron chi connectivity index (χ1n) is 12.6. The first-order chi connectivity index (χ1) is 18.2. The van der Waals surface area contributed by atoms with Gasteiger partial charge in [0.25, 0.3) is 0 Å². The summed E-state index contributed by atoms with van der Waals surface area (Å²) in [5, 5.41) is 9.34. The zero-order chi connectivity index (χ0) is 25.0. The third-order valence-electron chi connectivity index (χ3n) is 6.56. The van der Waals surface area contributed by atoms with E-state index in [1.807, 2.05) is 41.0 Å². The monoisotopic (exact) mass is 498 g/mol. The summed E-state index contributed by atoms with van der Waals surface area (Å²) in [5.41, 5.74) is 7.84. The number of ether oxygens (including phenoxy) is 2. The second-order valence-corrected chi connectivity index (χ2v) is 9.19. The lowest BCUT2D eigenvalue weighted by molar-refractivity contribution is 0.122. The molecule has 1 N–H and O–H groups in total. The van der Waals surface area contributed by atoms with Crippen molar-refractivity contribution >= 4 is 29.3 Å². The van der Waals surface area contributed by atoms with Crippen LogP contribution in [-0.2, 0) is 9.47 Å². The number of aryl methyl sites for hydroxylation is 1. The summed E-state index contributed by atoms with van der Waals surface area (Å²) in [6, 6.07) is 16.3. The predicted octanol–water partition coefficient (Wildman–Crippen LogP) is 3.22. The van der Waals surface area contributed by atoms with Crippen LogP contribution >= 0.6 is 0 Å². The molecule has 0 radical (unpaired) electrons.